The number of hydrogen-bond acceptors (Lipinski definition) is 6. The van der Waals surface area contributed by atoms with E-state index in [0.29, 0.717) is 24.7 Å². The Bertz CT molecular complexity index is 647. The van der Waals surface area contributed by atoms with Crippen LogP contribution in [0.25, 0.3) is 0 Å². The molecule has 1 aliphatic rings. The van der Waals surface area contributed by atoms with Gasteiger partial charge < -0.3 is 15.0 Å². The van der Waals surface area contributed by atoms with Crippen LogP contribution in [0.5, 0.6) is 0 Å². The van der Waals surface area contributed by atoms with Crippen LogP contribution in [0.4, 0.5) is 11.4 Å². The van der Waals surface area contributed by atoms with Crippen LogP contribution in [0.15, 0.2) is 18.2 Å². The minimum absolute atomic E-state index is 0.0421. The van der Waals surface area contributed by atoms with Crippen molar-refractivity contribution in [3.05, 3.63) is 33.9 Å². The third-order valence-corrected chi connectivity index (χ3v) is 4.04. The summed E-state index contributed by atoms with van der Waals surface area (Å²) < 4.78 is 5.01. The topological polar surface area (TPSA) is 102 Å². The van der Waals surface area contributed by atoms with Gasteiger partial charge in [0.05, 0.1) is 10.5 Å². The number of rotatable bonds is 5. The molecule has 0 saturated carbocycles. The number of piperidine rings is 1. The molecule has 1 fully saturated rings. The molecule has 1 N–H and O–H groups in total. The Morgan fingerprint density at radius 3 is 2.83 bits per heavy atom. The quantitative estimate of drug-likeness (QED) is 0.502. The SMILES string of the molecule is CNc1ccc(C(=O)OCC(=O)N2CCC[C@H](C)C2)cc1[N+](=O)[O-]. The van der Waals surface area contributed by atoms with Crippen LogP contribution in [0.3, 0.4) is 0 Å². The van der Waals surface area contributed by atoms with Crippen molar-refractivity contribution in [3.8, 4) is 0 Å². The number of likely N-dealkylation sites (tertiary alicyclic amines) is 1. The third kappa shape index (κ3) is 4.21. The summed E-state index contributed by atoms with van der Waals surface area (Å²) in [6.45, 7) is 3.06. The highest BCUT2D eigenvalue weighted by atomic mass is 16.6. The molecule has 1 aliphatic heterocycles. The first-order valence-electron chi connectivity index (χ1n) is 7.83. The molecule has 0 bridgehead atoms. The number of nitrogens with one attached hydrogen (secondary N) is 1. The molecule has 1 aromatic carbocycles. The number of amides is 1. The molecule has 0 aliphatic carbocycles. The van der Waals surface area contributed by atoms with Gasteiger partial charge in [-0.25, -0.2) is 4.79 Å². The molecule has 24 heavy (non-hydrogen) atoms. The van der Waals surface area contributed by atoms with Crippen LogP contribution in [0.1, 0.15) is 30.1 Å². The Hall–Kier alpha value is -2.64. The molecule has 8 nitrogen and oxygen atoms in total. The van der Waals surface area contributed by atoms with Crippen LogP contribution in [0.2, 0.25) is 0 Å². The van der Waals surface area contributed by atoms with Crippen LogP contribution in [-0.2, 0) is 9.53 Å². The van der Waals surface area contributed by atoms with Gasteiger partial charge in [-0.05, 0) is 30.9 Å². The minimum Gasteiger partial charge on any atom is -0.452 e. The number of nitrogens with zero attached hydrogens (tertiary/aromatic N) is 2. The molecule has 130 valence electrons. The van der Waals surface area contributed by atoms with Gasteiger partial charge in [-0.15, -0.1) is 0 Å². The molecule has 0 spiro atoms. The summed E-state index contributed by atoms with van der Waals surface area (Å²) in [6.07, 6.45) is 2.03. The Labute approximate surface area is 139 Å². The van der Waals surface area contributed by atoms with Crippen molar-refractivity contribution in [3.63, 3.8) is 0 Å². The molecule has 1 amide bonds. The lowest BCUT2D eigenvalue weighted by Crippen LogP contribution is -2.41. The van der Waals surface area contributed by atoms with Gasteiger partial charge >= 0.3 is 5.97 Å². The first-order valence-corrected chi connectivity index (χ1v) is 7.83. The van der Waals surface area contributed by atoms with E-state index in [1.165, 1.54) is 12.1 Å². The van der Waals surface area contributed by atoms with Crippen molar-refractivity contribution in [2.45, 2.75) is 19.8 Å². The monoisotopic (exact) mass is 335 g/mol. The van der Waals surface area contributed by atoms with Gasteiger partial charge in [0.15, 0.2) is 6.61 Å². The largest absolute Gasteiger partial charge is 0.452 e. The Morgan fingerprint density at radius 2 is 2.21 bits per heavy atom. The van der Waals surface area contributed by atoms with Crippen molar-refractivity contribution in [2.24, 2.45) is 5.92 Å². The number of carbonyl (C=O) groups excluding carboxylic acids is 2. The van der Waals surface area contributed by atoms with E-state index < -0.39 is 10.9 Å². The molecule has 8 heteroatoms. The second-order valence-electron chi connectivity index (χ2n) is 5.90. The molecule has 1 heterocycles. The summed E-state index contributed by atoms with van der Waals surface area (Å²) in [4.78, 5) is 36.2. The fourth-order valence-electron chi connectivity index (χ4n) is 2.74. The summed E-state index contributed by atoms with van der Waals surface area (Å²) in [6, 6.07) is 4.00. The molecule has 1 atom stereocenters. The molecule has 1 aromatic rings. The summed E-state index contributed by atoms with van der Waals surface area (Å²) >= 11 is 0. The third-order valence-electron chi connectivity index (χ3n) is 4.04. The molecule has 0 unspecified atom stereocenters. The number of nitro benzene ring substituents is 1. The fourth-order valence-corrected chi connectivity index (χ4v) is 2.74. The number of benzene rings is 1. The number of hydrogen-bond donors (Lipinski definition) is 1. The fraction of sp³-hybridized carbons (Fsp3) is 0.500. The van der Waals surface area contributed by atoms with Crippen molar-refractivity contribution in [1.82, 2.24) is 4.90 Å². The smallest absolute Gasteiger partial charge is 0.338 e. The number of nitro groups is 1. The zero-order valence-corrected chi connectivity index (χ0v) is 13.8. The zero-order chi connectivity index (χ0) is 17.7. The first kappa shape index (κ1) is 17.7. The summed E-state index contributed by atoms with van der Waals surface area (Å²) in [7, 11) is 1.55. The van der Waals surface area contributed by atoms with E-state index in [1.54, 1.807) is 11.9 Å². The van der Waals surface area contributed by atoms with Crippen LogP contribution in [-0.4, -0.2) is 48.4 Å². The van der Waals surface area contributed by atoms with Crippen molar-refractivity contribution >= 4 is 23.3 Å². The summed E-state index contributed by atoms with van der Waals surface area (Å²) in [5.41, 5.74) is 0.124. The van der Waals surface area contributed by atoms with Gasteiger partial charge in [0.25, 0.3) is 11.6 Å². The summed E-state index contributed by atoms with van der Waals surface area (Å²) in [5.74, 6) is -0.550. The van der Waals surface area contributed by atoms with E-state index in [-0.39, 0.29) is 23.8 Å². The van der Waals surface area contributed by atoms with Crippen LogP contribution in [0, 0.1) is 16.0 Å². The van der Waals surface area contributed by atoms with Crippen molar-refractivity contribution in [1.29, 1.82) is 0 Å². The van der Waals surface area contributed by atoms with Crippen LogP contribution >= 0.6 is 0 Å². The minimum atomic E-state index is -0.751. The van der Waals surface area contributed by atoms with Crippen molar-refractivity contribution in [2.75, 3.05) is 32.1 Å². The maximum atomic E-state index is 12.1. The number of anilines is 1. The van der Waals surface area contributed by atoms with E-state index in [9.17, 15) is 19.7 Å². The van der Waals surface area contributed by atoms with Gasteiger partial charge in [0.1, 0.15) is 5.69 Å². The van der Waals surface area contributed by atoms with E-state index in [2.05, 4.69) is 12.2 Å². The van der Waals surface area contributed by atoms with Gasteiger partial charge in [-0.1, -0.05) is 6.92 Å². The Kier molecular flexibility index (Phi) is 5.73. The lowest BCUT2D eigenvalue weighted by atomic mass is 10.0. The van der Waals surface area contributed by atoms with Gasteiger partial charge in [0, 0.05) is 26.2 Å². The van der Waals surface area contributed by atoms with E-state index in [4.69, 9.17) is 4.74 Å². The van der Waals surface area contributed by atoms with E-state index in [0.717, 1.165) is 18.9 Å². The molecule has 1 saturated heterocycles. The standard InChI is InChI=1S/C16H21N3O5/c1-11-4-3-7-18(9-11)15(20)10-24-16(21)12-5-6-13(17-2)14(8-12)19(22)23/h5-6,8,11,17H,3-4,7,9-10H2,1-2H3/t11-/m0/s1. The van der Waals surface area contributed by atoms with E-state index in [1.807, 2.05) is 0 Å². The lowest BCUT2D eigenvalue weighted by Gasteiger charge is -2.30. The molecular formula is C16H21N3O5. The Balaban J connectivity index is 1.98. The zero-order valence-electron chi connectivity index (χ0n) is 13.8. The maximum Gasteiger partial charge on any atom is 0.338 e. The highest BCUT2D eigenvalue weighted by Gasteiger charge is 2.23. The average Bonchev–Trinajstić information content (AvgIpc) is 2.58. The predicted octanol–water partition coefficient (Wildman–Crippen LogP) is 2.05. The normalized spacial score (nSPS) is 17.2. The summed E-state index contributed by atoms with van der Waals surface area (Å²) in [5, 5.41) is 13.7. The number of esters is 1. The van der Waals surface area contributed by atoms with Gasteiger partial charge in [-0.3, -0.25) is 14.9 Å². The average molecular weight is 335 g/mol. The van der Waals surface area contributed by atoms with E-state index >= 15 is 0 Å². The highest BCUT2D eigenvalue weighted by Crippen LogP contribution is 2.25. The van der Waals surface area contributed by atoms with Gasteiger partial charge in [-0.2, -0.15) is 0 Å². The van der Waals surface area contributed by atoms with Gasteiger partial charge in [0.2, 0.25) is 0 Å². The maximum absolute atomic E-state index is 12.1. The predicted molar refractivity (Wildman–Crippen MR) is 87.9 cm³/mol. The van der Waals surface area contributed by atoms with Crippen LogP contribution < -0.4 is 5.32 Å². The first-order chi connectivity index (χ1) is 11.4. The molecule has 0 aromatic heterocycles. The molecular weight excluding hydrogens is 314 g/mol. The second kappa shape index (κ2) is 7.76. The molecule has 2 rings (SSSR count). The number of ether oxygens (including phenoxy) is 1. The highest BCUT2D eigenvalue weighted by molar-refractivity contribution is 5.93. The van der Waals surface area contributed by atoms with Crippen molar-refractivity contribution < 1.29 is 19.2 Å². The lowest BCUT2D eigenvalue weighted by molar-refractivity contribution is -0.384. The second-order valence-corrected chi connectivity index (χ2v) is 5.90. The number of carbonyl (C=O) groups is 2. The molecule has 0 radical (unpaired) electrons. The Morgan fingerprint density at radius 1 is 1.46 bits per heavy atom.